The van der Waals surface area contributed by atoms with Crippen LogP contribution in [-0.2, 0) is 4.79 Å². The second-order valence-corrected chi connectivity index (χ2v) is 5.86. The van der Waals surface area contributed by atoms with Crippen molar-refractivity contribution in [3.05, 3.63) is 0 Å². The smallest absolute Gasteiger partial charge is 0.222 e. The van der Waals surface area contributed by atoms with Gasteiger partial charge in [0.15, 0.2) is 0 Å². The molecule has 0 spiro atoms. The van der Waals surface area contributed by atoms with Crippen LogP contribution in [0.15, 0.2) is 5.16 Å². The van der Waals surface area contributed by atoms with Crippen LogP contribution in [0.25, 0.3) is 0 Å². The van der Waals surface area contributed by atoms with Crippen molar-refractivity contribution in [1.29, 1.82) is 0 Å². The molecule has 0 aromatic rings. The summed E-state index contributed by atoms with van der Waals surface area (Å²) in [5, 5.41) is 11.9. The van der Waals surface area contributed by atoms with Crippen molar-refractivity contribution in [2.24, 2.45) is 22.2 Å². The molecule has 3 N–H and O–H groups in total. The number of hydrogen-bond donors (Lipinski definition) is 2. The predicted octanol–water partition coefficient (Wildman–Crippen LogP) is 1.80. The number of likely N-dealkylation sites (tertiary alicyclic amines) is 1. The third-order valence-electron chi connectivity index (χ3n) is 3.88. The number of piperidine rings is 1. The van der Waals surface area contributed by atoms with Crippen LogP contribution >= 0.6 is 0 Å². The van der Waals surface area contributed by atoms with E-state index in [1.807, 2.05) is 11.8 Å². The van der Waals surface area contributed by atoms with Crippen LogP contribution in [0.1, 0.15) is 46.5 Å². The first kappa shape index (κ1) is 14.8. The zero-order chi connectivity index (χ0) is 13.8. The summed E-state index contributed by atoms with van der Waals surface area (Å²) >= 11 is 0. The van der Waals surface area contributed by atoms with Crippen LogP contribution < -0.4 is 5.73 Å². The zero-order valence-corrected chi connectivity index (χ0v) is 11.6. The molecule has 1 rings (SSSR count). The molecule has 1 aliphatic rings. The van der Waals surface area contributed by atoms with Gasteiger partial charge in [-0.1, -0.05) is 25.9 Å². The van der Waals surface area contributed by atoms with Gasteiger partial charge in [0.05, 0.1) is 0 Å². The number of nitrogens with zero attached hydrogens (tertiary/aromatic N) is 2. The number of carbonyl (C=O) groups excluding carboxylic acids is 1. The highest BCUT2D eigenvalue weighted by atomic mass is 16.4. The van der Waals surface area contributed by atoms with Gasteiger partial charge in [-0.05, 0) is 25.2 Å². The molecule has 0 aromatic heterocycles. The van der Waals surface area contributed by atoms with Gasteiger partial charge in [-0.15, -0.1) is 0 Å². The predicted molar refractivity (Wildman–Crippen MR) is 71.4 cm³/mol. The Hall–Kier alpha value is -1.26. The molecule has 1 aliphatic heterocycles. The molecule has 1 amide bonds. The summed E-state index contributed by atoms with van der Waals surface area (Å²) in [5.41, 5.74) is 5.42. The van der Waals surface area contributed by atoms with E-state index in [1.165, 1.54) is 0 Å². The number of nitrogens with two attached hydrogens (primary N) is 1. The fraction of sp³-hybridized carbons (Fsp3) is 0.846. The van der Waals surface area contributed by atoms with E-state index >= 15 is 0 Å². The molecule has 0 aliphatic carbocycles. The van der Waals surface area contributed by atoms with Crippen LogP contribution in [0.3, 0.4) is 0 Å². The summed E-state index contributed by atoms with van der Waals surface area (Å²) in [5.74, 6) is 1.06. The summed E-state index contributed by atoms with van der Waals surface area (Å²) in [4.78, 5) is 13.9. The zero-order valence-electron chi connectivity index (χ0n) is 11.6. The van der Waals surface area contributed by atoms with Crippen LogP contribution in [0, 0.1) is 11.3 Å². The maximum atomic E-state index is 12.0. The fourth-order valence-corrected chi connectivity index (χ4v) is 2.20. The minimum absolute atomic E-state index is 0.227. The van der Waals surface area contributed by atoms with Gasteiger partial charge < -0.3 is 15.8 Å². The highest BCUT2D eigenvalue weighted by molar-refractivity contribution is 5.86. The van der Waals surface area contributed by atoms with Gasteiger partial charge in [0.25, 0.3) is 0 Å². The van der Waals surface area contributed by atoms with Crippen LogP contribution in [0.2, 0.25) is 0 Å². The Morgan fingerprint density at radius 3 is 2.44 bits per heavy atom. The van der Waals surface area contributed by atoms with E-state index in [0.29, 0.717) is 25.4 Å². The minimum atomic E-state index is -0.274. The normalized spacial score (nSPS) is 20.2. The lowest BCUT2D eigenvalue weighted by molar-refractivity contribution is -0.133. The van der Waals surface area contributed by atoms with E-state index in [1.54, 1.807) is 0 Å². The molecule has 1 heterocycles. The highest BCUT2D eigenvalue weighted by Gasteiger charge is 2.35. The van der Waals surface area contributed by atoms with Gasteiger partial charge >= 0.3 is 0 Å². The summed E-state index contributed by atoms with van der Waals surface area (Å²) in [6.45, 7) is 7.63. The standard InChI is InChI=1S/C13H25N3O2/c1-10(2)4-5-11(17)16-8-6-13(3,7-9-16)12(14)15-18/h10,18H,4-9H2,1-3H3,(H2,14,15). The lowest BCUT2D eigenvalue weighted by Crippen LogP contribution is -2.47. The maximum absolute atomic E-state index is 12.0. The number of hydrogen-bond acceptors (Lipinski definition) is 3. The molecule has 0 aromatic carbocycles. The van der Waals surface area contributed by atoms with Crippen molar-refractivity contribution in [3.63, 3.8) is 0 Å². The Morgan fingerprint density at radius 2 is 2.00 bits per heavy atom. The van der Waals surface area contributed by atoms with Gasteiger partial charge in [0.1, 0.15) is 5.84 Å². The maximum Gasteiger partial charge on any atom is 0.222 e. The van der Waals surface area contributed by atoms with E-state index in [4.69, 9.17) is 10.9 Å². The molecule has 1 fully saturated rings. The van der Waals surface area contributed by atoms with E-state index < -0.39 is 0 Å². The molecule has 0 atom stereocenters. The summed E-state index contributed by atoms with van der Waals surface area (Å²) in [7, 11) is 0. The molecule has 0 unspecified atom stereocenters. The third kappa shape index (κ3) is 3.62. The molecule has 0 bridgehead atoms. The Balaban J connectivity index is 2.46. The average Bonchev–Trinajstić information content (AvgIpc) is 2.35. The number of rotatable bonds is 4. The van der Waals surface area contributed by atoms with Gasteiger partial charge in [-0.25, -0.2) is 0 Å². The summed E-state index contributed by atoms with van der Waals surface area (Å²) < 4.78 is 0. The van der Waals surface area contributed by atoms with Crippen molar-refractivity contribution in [2.45, 2.75) is 46.5 Å². The monoisotopic (exact) mass is 255 g/mol. The number of oxime groups is 1. The van der Waals surface area contributed by atoms with Crippen LogP contribution in [-0.4, -0.2) is 34.9 Å². The molecule has 1 saturated heterocycles. The fourth-order valence-electron chi connectivity index (χ4n) is 2.20. The molecule has 0 saturated carbocycles. The largest absolute Gasteiger partial charge is 0.409 e. The first-order valence-corrected chi connectivity index (χ1v) is 6.65. The summed E-state index contributed by atoms with van der Waals surface area (Å²) in [6, 6.07) is 0. The van der Waals surface area contributed by atoms with E-state index in [9.17, 15) is 4.79 Å². The molecular formula is C13H25N3O2. The van der Waals surface area contributed by atoms with Gasteiger partial charge in [-0.2, -0.15) is 0 Å². The van der Waals surface area contributed by atoms with E-state index in [2.05, 4.69) is 19.0 Å². The van der Waals surface area contributed by atoms with E-state index in [-0.39, 0.29) is 17.2 Å². The van der Waals surface area contributed by atoms with Crippen LogP contribution in [0.5, 0.6) is 0 Å². The Morgan fingerprint density at radius 1 is 1.44 bits per heavy atom. The number of carbonyl (C=O) groups is 1. The second-order valence-electron chi connectivity index (χ2n) is 5.86. The van der Waals surface area contributed by atoms with E-state index in [0.717, 1.165) is 19.3 Å². The van der Waals surface area contributed by atoms with Crippen molar-refractivity contribution < 1.29 is 10.0 Å². The average molecular weight is 255 g/mol. The minimum Gasteiger partial charge on any atom is -0.409 e. The first-order valence-electron chi connectivity index (χ1n) is 6.65. The molecule has 5 nitrogen and oxygen atoms in total. The molecule has 5 heteroatoms. The van der Waals surface area contributed by atoms with Crippen molar-refractivity contribution in [3.8, 4) is 0 Å². The van der Waals surface area contributed by atoms with Crippen molar-refractivity contribution in [1.82, 2.24) is 4.90 Å². The lowest BCUT2D eigenvalue weighted by Gasteiger charge is -2.38. The Kier molecular flexibility index (Phi) is 4.99. The first-order chi connectivity index (χ1) is 8.39. The van der Waals surface area contributed by atoms with Crippen molar-refractivity contribution >= 4 is 11.7 Å². The highest BCUT2D eigenvalue weighted by Crippen LogP contribution is 2.31. The molecule has 18 heavy (non-hydrogen) atoms. The number of amidine groups is 1. The Bertz CT molecular complexity index is 318. The molecule has 104 valence electrons. The summed E-state index contributed by atoms with van der Waals surface area (Å²) in [6.07, 6.45) is 3.08. The Labute approximate surface area is 109 Å². The van der Waals surface area contributed by atoms with Crippen molar-refractivity contribution in [2.75, 3.05) is 13.1 Å². The third-order valence-corrected chi connectivity index (χ3v) is 3.88. The topological polar surface area (TPSA) is 78.9 Å². The molecular weight excluding hydrogens is 230 g/mol. The number of amides is 1. The SMILES string of the molecule is CC(C)CCC(=O)N1CCC(C)(C(N)=NO)CC1. The van der Waals surface area contributed by atoms with Gasteiger partial charge in [-0.3, -0.25) is 4.79 Å². The van der Waals surface area contributed by atoms with Gasteiger partial charge in [0, 0.05) is 24.9 Å². The lowest BCUT2D eigenvalue weighted by atomic mass is 9.79. The quantitative estimate of drug-likeness (QED) is 0.348. The second kappa shape index (κ2) is 6.07. The molecule has 0 radical (unpaired) electrons. The van der Waals surface area contributed by atoms with Crippen LogP contribution in [0.4, 0.5) is 0 Å². The van der Waals surface area contributed by atoms with Gasteiger partial charge in [0.2, 0.25) is 5.91 Å².